The maximum atomic E-state index is 13.5. The van der Waals surface area contributed by atoms with Crippen LogP contribution in [0.5, 0.6) is 0 Å². The molecule has 0 heterocycles. The van der Waals surface area contributed by atoms with Crippen LogP contribution >= 0.6 is 11.6 Å². The highest BCUT2D eigenvalue weighted by Crippen LogP contribution is 2.24. The second-order valence-corrected chi connectivity index (χ2v) is 4.55. The Labute approximate surface area is 95.4 Å². The predicted molar refractivity (Wildman–Crippen MR) is 62.5 cm³/mol. The van der Waals surface area contributed by atoms with Crippen LogP contribution < -0.4 is 5.73 Å². The molecule has 15 heavy (non-hydrogen) atoms. The topological polar surface area (TPSA) is 26.0 Å². The Morgan fingerprint density at radius 3 is 2.53 bits per heavy atom. The molecular formula is C12H17ClFN. The van der Waals surface area contributed by atoms with Crippen LogP contribution in [0.3, 0.4) is 0 Å². The largest absolute Gasteiger partial charge is 0.330 e. The van der Waals surface area contributed by atoms with Gasteiger partial charge in [0.1, 0.15) is 5.82 Å². The van der Waals surface area contributed by atoms with Gasteiger partial charge in [-0.1, -0.05) is 31.5 Å². The van der Waals surface area contributed by atoms with Crippen LogP contribution in [0.1, 0.15) is 19.4 Å². The molecule has 0 radical (unpaired) electrons. The molecule has 3 heteroatoms. The molecular weight excluding hydrogens is 213 g/mol. The van der Waals surface area contributed by atoms with Gasteiger partial charge < -0.3 is 5.73 Å². The van der Waals surface area contributed by atoms with E-state index in [9.17, 15) is 4.39 Å². The predicted octanol–water partition coefficient (Wildman–Crippen LogP) is 3.25. The molecule has 84 valence electrons. The third-order valence-electron chi connectivity index (χ3n) is 2.77. The van der Waals surface area contributed by atoms with Crippen LogP contribution in [0, 0.1) is 17.7 Å². The summed E-state index contributed by atoms with van der Waals surface area (Å²) in [5.41, 5.74) is 6.24. The van der Waals surface area contributed by atoms with Crippen molar-refractivity contribution in [3.63, 3.8) is 0 Å². The number of rotatable bonds is 4. The van der Waals surface area contributed by atoms with Gasteiger partial charge in [-0.25, -0.2) is 4.39 Å². The van der Waals surface area contributed by atoms with Crippen LogP contribution in [-0.4, -0.2) is 6.54 Å². The Kier molecular flexibility index (Phi) is 4.55. The molecule has 1 rings (SSSR count). The molecule has 0 amide bonds. The maximum absolute atomic E-state index is 13.5. The van der Waals surface area contributed by atoms with Gasteiger partial charge in [0.25, 0.3) is 0 Å². The maximum Gasteiger partial charge on any atom is 0.127 e. The Hall–Kier alpha value is -0.600. The quantitative estimate of drug-likeness (QED) is 0.843. The van der Waals surface area contributed by atoms with Crippen molar-refractivity contribution < 1.29 is 4.39 Å². The second-order valence-electron chi connectivity index (χ2n) is 4.14. The van der Waals surface area contributed by atoms with E-state index >= 15 is 0 Å². The number of nitrogens with two attached hydrogens (primary N) is 1. The molecule has 0 aliphatic rings. The Morgan fingerprint density at radius 1 is 1.40 bits per heavy atom. The molecule has 1 nitrogen and oxygen atoms in total. The lowest BCUT2D eigenvalue weighted by Crippen LogP contribution is -2.22. The Balaban J connectivity index is 2.87. The van der Waals surface area contributed by atoms with Crippen molar-refractivity contribution in [1.29, 1.82) is 0 Å². The molecule has 0 saturated heterocycles. The van der Waals surface area contributed by atoms with E-state index in [2.05, 4.69) is 13.8 Å². The van der Waals surface area contributed by atoms with Gasteiger partial charge in [-0.3, -0.25) is 0 Å². The lowest BCUT2D eigenvalue weighted by molar-refractivity contribution is 0.386. The molecule has 0 saturated carbocycles. The van der Waals surface area contributed by atoms with E-state index in [1.54, 1.807) is 12.1 Å². The van der Waals surface area contributed by atoms with Gasteiger partial charge in [-0.05, 0) is 36.9 Å². The van der Waals surface area contributed by atoms with Gasteiger partial charge in [-0.2, -0.15) is 0 Å². The first kappa shape index (κ1) is 12.5. The third kappa shape index (κ3) is 3.18. The van der Waals surface area contributed by atoms with Crippen LogP contribution in [-0.2, 0) is 6.42 Å². The summed E-state index contributed by atoms with van der Waals surface area (Å²) >= 11 is 5.95. The zero-order valence-electron chi connectivity index (χ0n) is 9.13. The van der Waals surface area contributed by atoms with E-state index in [-0.39, 0.29) is 11.7 Å². The van der Waals surface area contributed by atoms with Crippen molar-refractivity contribution in [3.05, 3.63) is 34.6 Å². The summed E-state index contributed by atoms with van der Waals surface area (Å²) in [4.78, 5) is 0. The molecule has 0 fully saturated rings. The zero-order valence-corrected chi connectivity index (χ0v) is 9.89. The van der Waals surface area contributed by atoms with Crippen molar-refractivity contribution >= 4 is 11.6 Å². The summed E-state index contributed by atoms with van der Waals surface area (Å²) in [7, 11) is 0. The average molecular weight is 230 g/mol. The summed E-state index contributed by atoms with van der Waals surface area (Å²) in [5.74, 6) is 0.478. The monoisotopic (exact) mass is 229 g/mol. The van der Waals surface area contributed by atoms with E-state index in [0.717, 1.165) is 0 Å². The van der Waals surface area contributed by atoms with Crippen LogP contribution in [0.25, 0.3) is 0 Å². The van der Waals surface area contributed by atoms with Gasteiger partial charge in [0.2, 0.25) is 0 Å². The standard InChI is InChI=1S/C12H17ClFN/c1-8(2)9(7-15)6-10-11(13)4-3-5-12(10)14/h3-5,8-9H,6-7,15H2,1-2H3. The zero-order chi connectivity index (χ0) is 11.4. The number of benzene rings is 1. The average Bonchev–Trinajstić information content (AvgIpc) is 2.17. The smallest absolute Gasteiger partial charge is 0.127 e. The van der Waals surface area contributed by atoms with Gasteiger partial charge in [0.15, 0.2) is 0 Å². The number of hydrogen-bond acceptors (Lipinski definition) is 1. The highest BCUT2D eigenvalue weighted by atomic mass is 35.5. The minimum atomic E-state index is -0.235. The molecule has 0 aromatic heterocycles. The van der Waals surface area contributed by atoms with Gasteiger partial charge >= 0.3 is 0 Å². The molecule has 2 N–H and O–H groups in total. The van der Waals surface area contributed by atoms with E-state index in [4.69, 9.17) is 17.3 Å². The molecule has 0 aliphatic heterocycles. The minimum absolute atomic E-state index is 0.235. The van der Waals surface area contributed by atoms with Crippen molar-refractivity contribution in [2.45, 2.75) is 20.3 Å². The highest BCUT2D eigenvalue weighted by Gasteiger charge is 2.16. The molecule has 0 spiro atoms. The summed E-state index contributed by atoms with van der Waals surface area (Å²) in [6, 6.07) is 4.77. The second kappa shape index (κ2) is 5.47. The SMILES string of the molecule is CC(C)C(CN)Cc1c(F)cccc1Cl. The first-order valence-electron chi connectivity index (χ1n) is 5.19. The van der Waals surface area contributed by atoms with E-state index in [0.29, 0.717) is 29.5 Å². The minimum Gasteiger partial charge on any atom is -0.330 e. The number of hydrogen-bond donors (Lipinski definition) is 1. The van der Waals surface area contributed by atoms with E-state index < -0.39 is 0 Å². The molecule has 1 aromatic carbocycles. The molecule has 0 aliphatic carbocycles. The lowest BCUT2D eigenvalue weighted by atomic mass is 9.89. The lowest BCUT2D eigenvalue weighted by Gasteiger charge is -2.19. The van der Waals surface area contributed by atoms with Crippen molar-refractivity contribution in [3.8, 4) is 0 Å². The van der Waals surface area contributed by atoms with Crippen LogP contribution in [0.15, 0.2) is 18.2 Å². The first-order valence-corrected chi connectivity index (χ1v) is 5.57. The fourth-order valence-electron chi connectivity index (χ4n) is 1.58. The normalized spacial score (nSPS) is 13.2. The van der Waals surface area contributed by atoms with Crippen molar-refractivity contribution in [1.82, 2.24) is 0 Å². The van der Waals surface area contributed by atoms with Crippen molar-refractivity contribution in [2.24, 2.45) is 17.6 Å². The van der Waals surface area contributed by atoms with E-state index in [1.807, 2.05) is 0 Å². The van der Waals surface area contributed by atoms with Gasteiger partial charge in [0, 0.05) is 10.6 Å². The summed E-state index contributed by atoms with van der Waals surface area (Å²) < 4.78 is 13.5. The van der Waals surface area contributed by atoms with Gasteiger partial charge in [0.05, 0.1) is 0 Å². The molecule has 0 bridgehead atoms. The molecule has 1 aromatic rings. The van der Waals surface area contributed by atoms with Gasteiger partial charge in [-0.15, -0.1) is 0 Å². The number of halogens is 2. The molecule has 1 unspecified atom stereocenters. The third-order valence-corrected chi connectivity index (χ3v) is 3.13. The Morgan fingerprint density at radius 2 is 2.07 bits per heavy atom. The molecule has 1 atom stereocenters. The van der Waals surface area contributed by atoms with E-state index in [1.165, 1.54) is 6.07 Å². The highest BCUT2D eigenvalue weighted by molar-refractivity contribution is 6.31. The fraction of sp³-hybridized carbons (Fsp3) is 0.500. The Bertz CT molecular complexity index is 305. The fourth-order valence-corrected chi connectivity index (χ4v) is 1.82. The first-order chi connectivity index (χ1) is 7.06. The van der Waals surface area contributed by atoms with Crippen LogP contribution in [0.4, 0.5) is 4.39 Å². The van der Waals surface area contributed by atoms with Crippen LogP contribution in [0.2, 0.25) is 5.02 Å². The summed E-state index contributed by atoms with van der Waals surface area (Å²) in [6.07, 6.45) is 0.611. The summed E-state index contributed by atoms with van der Waals surface area (Å²) in [5, 5.41) is 0.495. The summed E-state index contributed by atoms with van der Waals surface area (Å²) in [6.45, 7) is 4.74. The van der Waals surface area contributed by atoms with Crippen molar-refractivity contribution in [2.75, 3.05) is 6.54 Å².